The quantitative estimate of drug-likeness (QED) is 0.267. The molecule has 0 radical (unpaired) electrons. The summed E-state index contributed by atoms with van der Waals surface area (Å²) < 4.78 is 9.11. The van der Waals surface area contributed by atoms with E-state index in [-0.39, 0.29) is 12.2 Å². The van der Waals surface area contributed by atoms with Crippen molar-refractivity contribution >= 4 is 11.8 Å². The van der Waals surface area contributed by atoms with Crippen LogP contribution in [0.15, 0.2) is 11.8 Å². The Morgan fingerprint density at radius 1 is 1.29 bits per heavy atom. The van der Waals surface area contributed by atoms with Crippen molar-refractivity contribution < 1.29 is 19.1 Å². The van der Waals surface area contributed by atoms with E-state index in [0.29, 0.717) is 0 Å². The van der Waals surface area contributed by atoms with E-state index in [4.69, 9.17) is 0 Å². The van der Waals surface area contributed by atoms with Crippen LogP contribution in [0.3, 0.4) is 0 Å². The van der Waals surface area contributed by atoms with Gasteiger partial charge in [0.25, 0.3) is 0 Å². The maximum Gasteiger partial charge on any atom is 0.343 e. The molecule has 0 unspecified atom stereocenters. The lowest BCUT2D eigenvalue weighted by molar-refractivity contribution is -0.138. The number of hydrogen-bond acceptors (Lipinski definition) is 5. The van der Waals surface area contributed by atoms with Crippen LogP contribution in [0.5, 0.6) is 0 Å². The maximum absolute atomic E-state index is 11.4. The largest absolute Gasteiger partial charge is 0.465 e. The van der Waals surface area contributed by atoms with Crippen LogP contribution in [0.25, 0.3) is 0 Å². The van der Waals surface area contributed by atoms with Crippen LogP contribution >= 0.6 is 0 Å². The van der Waals surface area contributed by atoms with E-state index in [1.54, 1.807) is 19.0 Å². The highest BCUT2D eigenvalue weighted by molar-refractivity contribution is 6.17. The second-order valence-electron chi connectivity index (χ2n) is 2.85. The molecular formula is C9H15NO4. The summed E-state index contributed by atoms with van der Waals surface area (Å²) in [5.41, 5.74) is -0.0145. The summed E-state index contributed by atoms with van der Waals surface area (Å²) in [7, 11) is 6.04. The van der Waals surface area contributed by atoms with Crippen molar-refractivity contribution in [1.29, 1.82) is 0 Å². The van der Waals surface area contributed by atoms with Crippen molar-refractivity contribution in [1.82, 2.24) is 4.90 Å². The summed E-state index contributed by atoms with van der Waals surface area (Å²) in [5.74, 6) is -1.05. The number of carbonyl (C=O) groups excluding carboxylic acids is 2. The van der Waals surface area contributed by atoms with Crippen LogP contribution in [0.1, 0.15) is 0 Å². The number of nitrogens with zero attached hydrogens (tertiary/aromatic N) is 1. The van der Waals surface area contributed by atoms with Crippen LogP contribution < -0.4 is 0 Å². The molecule has 5 heteroatoms. The monoisotopic (exact) mass is 201 g/mol. The number of rotatable bonds is 5. The molecule has 0 bridgehead atoms. The summed E-state index contributed by atoms with van der Waals surface area (Å²) in [6.07, 6.45) is 1.41. The van der Waals surface area contributed by atoms with Gasteiger partial charge in [-0.2, -0.15) is 0 Å². The van der Waals surface area contributed by atoms with Crippen LogP contribution in [-0.2, 0) is 19.1 Å². The normalized spacial score (nSPS) is 11.0. The Kier molecular flexibility index (Phi) is 5.55. The van der Waals surface area contributed by atoms with Crippen molar-refractivity contribution in [3.05, 3.63) is 11.8 Å². The molecule has 0 aliphatic rings. The molecule has 14 heavy (non-hydrogen) atoms. The molecule has 0 amide bonds. The molecule has 0 heterocycles. The maximum atomic E-state index is 11.4. The zero-order valence-corrected chi connectivity index (χ0v) is 8.86. The minimum absolute atomic E-state index is 0.0145. The van der Waals surface area contributed by atoms with Crippen molar-refractivity contribution in [3.8, 4) is 0 Å². The summed E-state index contributed by atoms with van der Waals surface area (Å²) in [6.45, 7) is -0.130. The van der Waals surface area contributed by atoms with E-state index in [2.05, 4.69) is 9.47 Å². The zero-order chi connectivity index (χ0) is 11.1. The SMILES string of the molecule is COCC(=O)/C(=C\N(C)C)C(=O)OC. The molecule has 0 rings (SSSR count). The fourth-order valence-electron chi connectivity index (χ4n) is 0.816. The molecule has 0 aromatic carbocycles. The lowest BCUT2D eigenvalue weighted by Crippen LogP contribution is -2.21. The highest BCUT2D eigenvalue weighted by Gasteiger charge is 2.18. The number of carbonyl (C=O) groups is 2. The minimum atomic E-state index is -0.652. The topological polar surface area (TPSA) is 55.8 Å². The van der Waals surface area contributed by atoms with E-state index < -0.39 is 11.8 Å². The molecular weight excluding hydrogens is 186 g/mol. The Balaban J connectivity index is 4.72. The fourth-order valence-corrected chi connectivity index (χ4v) is 0.816. The van der Waals surface area contributed by atoms with Gasteiger partial charge in [0.1, 0.15) is 12.2 Å². The number of esters is 1. The first-order valence-electron chi connectivity index (χ1n) is 4.01. The minimum Gasteiger partial charge on any atom is -0.465 e. The number of Topliss-reactive ketones (excluding diaryl/α,β-unsaturated/α-hetero) is 1. The summed E-state index contributed by atoms with van der Waals surface area (Å²) in [4.78, 5) is 24.1. The predicted molar refractivity (Wildman–Crippen MR) is 50.7 cm³/mol. The van der Waals surface area contributed by atoms with Gasteiger partial charge in [-0.25, -0.2) is 4.79 Å². The smallest absolute Gasteiger partial charge is 0.343 e. The molecule has 0 N–H and O–H groups in total. The van der Waals surface area contributed by atoms with E-state index in [0.717, 1.165) is 0 Å². The third-order valence-corrected chi connectivity index (χ3v) is 1.37. The summed E-state index contributed by atoms with van der Waals surface area (Å²) >= 11 is 0. The van der Waals surface area contributed by atoms with Crippen molar-refractivity contribution in [2.24, 2.45) is 0 Å². The van der Waals surface area contributed by atoms with Gasteiger partial charge in [0.15, 0.2) is 5.78 Å². The van der Waals surface area contributed by atoms with Crippen LogP contribution in [0.4, 0.5) is 0 Å². The third-order valence-electron chi connectivity index (χ3n) is 1.37. The van der Waals surface area contributed by atoms with Gasteiger partial charge < -0.3 is 14.4 Å². The molecule has 0 spiro atoms. The van der Waals surface area contributed by atoms with Crippen LogP contribution in [0.2, 0.25) is 0 Å². The average molecular weight is 201 g/mol. The Bertz CT molecular complexity index is 245. The molecule has 0 aromatic rings. The van der Waals surface area contributed by atoms with Crippen LogP contribution in [-0.4, -0.2) is 51.6 Å². The third kappa shape index (κ3) is 4.04. The number of hydrogen-bond donors (Lipinski definition) is 0. The van der Waals surface area contributed by atoms with E-state index >= 15 is 0 Å². The number of ether oxygens (including phenoxy) is 2. The Hall–Kier alpha value is -1.36. The highest BCUT2D eigenvalue weighted by atomic mass is 16.5. The second kappa shape index (κ2) is 6.15. The Morgan fingerprint density at radius 3 is 2.21 bits per heavy atom. The van der Waals surface area contributed by atoms with Gasteiger partial charge in [-0.05, 0) is 0 Å². The first-order chi connectivity index (χ1) is 6.52. The standard InChI is InChI=1S/C9H15NO4/c1-10(2)5-7(9(12)14-4)8(11)6-13-3/h5H,6H2,1-4H3/b7-5+. The lowest BCUT2D eigenvalue weighted by Gasteiger charge is -2.08. The Labute approximate surface area is 83.3 Å². The first-order valence-corrected chi connectivity index (χ1v) is 4.01. The van der Waals surface area contributed by atoms with Gasteiger partial charge in [-0.3, -0.25) is 4.79 Å². The molecule has 0 saturated carbocycles. The summed E-state index contributed by atoms with van der Waals surface area (Å²) in [6, 6.07) is 0. The molecule has 5 nitrogen and oxygen atoms in total. The van der Waals surface area contributed by atoms with E-state index in [1.807, 2.05) is 0 Å². The number of ketones is 1. The van der Waals surface area contributed by atoms with Crippen LogP contribution in [0, 0.1) is 0 Å². The zero-order valence-electron chi connectivity index (χ0n) is 8.86. The van der Waals surface area contributed by atoms with Crippen molar-refractivity contribution in [3.63, 3.8) is 0 Å². The van der Waals surface area contributed by atoms with Crippen molar-refractivity contribution in [2.75, 3.05) is 34.9 Å². The van der Waals surface area contributed by atoms with Gasteiger partial charge in [0, 0.05) is 27.4 Å². The van der Waals surface area contributed by atoms with Gasteiger partial charge in [0.05, 0.1) is 7.11 Å². The molecule has 80 valence electrons. The molecule has 0 aliphatic carbocycles. The fraction of sp³-hybridized carbons (Fsp3) is 0.556. The molecule has 0 atom stereocenters. The number of methoxy groups -OCH3 is 2. The molecule has 0 aromatic heterocycles. The Morgan fingerprint density at radius 2 is 1.86 bits per heavy atom. The first kappa shape index (κ1) is 12.6. The lowest BCUT2D eigenvalue weighted by atomic mass is 10.2. The van der Waals surface area contributed by atoms with E-state index in [1.165, 1.54) is 20.4 Å². The predicted octanol–water partition coefficient (Wildman–Crippen LogP) is -0.180. The molecule has 0 aliphatic heterocycles. The molecule has 0 saturated heterocycles. The second-order valence-corrected chi connectivity index (χ2v) is 2.85. The average Bonchev–Trinajstić information content (AvgIpc) is 2.13. The van der Waals surface area contributed by atoms with Gasteiger partial charge in [-0.15, -0.1) is 0 Å². The molecule has 0 fully saturated rings. The summed E-state index contributed by atoms with van der Waals surface area (Å²) in [5, 5.41) is 0. The van der Waals surface area contributed by atoms with Gasteiger partial charge >= 0.3 is 5.97 Å². The van der Waals surface area contributed by atoms with Crippen molar-refractivity contribution in [2.45, 2.75) is 0 Å². The highest BCUT2D eigenvalue weighted by Crippen LogP contribution is 2.01. The van der Waals surface area contributed by atoms with E-state index in [9.17, 15) is 9.59 Å². The van der Waals surface area contributed by atoms with Gasteiger partial charge in [0.2, 0.25) is 0 Å². The van der Waals surface area contributed by atoms with Gasteiger partial charge in [-0.1, -0.05) is 0 Å².